The number of nitrogens with one attached hydrogen (secondary N) is 3. The lowest BCUT2D eigenvalue weighted by Gasteiger charge is -2.28. The number of aromatic nitrogens is 2. The largest absolute Gasteiger partial charge is 0.395 e. The maximum absolute atomic E-state index is 13.0. The Balaban J connectivity index is 1.14. The summed E-state index contributed by atoms with van der Waals surface area (Å²) in [6.45, 7) is 1.68. The van der Waals surface area contributed by atoms with Crippen LogP contribution in [0.4, 0.5) is 11.8 Å². The minimum Gasteiger partial charge on any atom is -0.395 e. The zero-order chi connectivity index (χ0) is 25.7. The van der Waals surface area contributed by atoms with Crippen LogP contribution in [0.15, 0.2) is 71.6 Å². The molecule has 9 heteroatoms. The van der Waals surface area contributed by atoms with Crippen molar-refractivity contribution < 1.29 is 13.5 Å². The molecule has 1 aliphatic rings. The monoisotopic (exact) mass is 519 g/mol. The average Bonchev–Trinajstić information content (AvgIpc) is 2.94. The van der Waals surface area contributed by atoms with Crippen molar-refractivity contribution in [2.45, 2.75) is 30.6 Å². The molecular formula is C28H33N5O3S. The second kappa shape index (κ2) is 11.4. The van der Waals surface area contributed by atoms with Gasteiger partial charge in [0.25, 0.3) is 0 Å². The van der Waals surface area contributed by atoms with Gasteiger partial charge in [-0.1, -0.05) is 48.5 Å². The number of hydrogen-bond donors (Lipinski definition) is 4. The van der Waals surface area contributed by atoms with Crippen molar-refractivity contribution in [3.8, 4) is 0 Å². The topological polar surface area (TPSA) is 116 Å². The minimum atomic E-state index is -3.58. The van der Waals surface area contributed by atoms with Gasteiger partial charge in [-0.2, -0.15) is 4.98 Å². The first-order valence-corrected chi connectivity index (χ1v) is 14.3. The Labute approximate surface area is 217 Å². The number of fused-ring (bicyclic) bond motifs is 2. The molecule has 4 N–H and O–H groups in total. The molecule has 1 fully saturated rings. The summed E-state index contributed by atoms with van der Waals surface area (Å²) < 4.78 is 29.0. The average molecular weight is 520 g/mol. The molecular weight excluding hydrogens is 486 g/mol. The molecule has 1 saturated carbocycles. The molecule has 0 spiro atoms. The number of anilines is 2. The van der Waals surface area contributed by atoms with Gasteiger partial charge in [0.1, 0.15) is 5.82 Å². The maximum atomic E-state index is 13.0. The Hall–Kier alpha value is -3.27. The second-order valence-corrected chi connectivity index (χ2v) is 11.4. The van der Waals surface area contributed by atoms with Gasteiger partial charge in [0, 0.05) is 30.4 Å². The summed E-state index contributed by atoms with van der Waals surface area (Å²) in [6, 6.07) is 20.8. The molecule has 0 radical (unpaired) electrons. The van der Waals surface area contributed by atoms with Gasteiger partial charge in [-0.05, 0) is 61.1 Å². The summed E-state index contributed by atoms with van der Waals surface area (Å²) in [5, 5.41) is 18.3. The Kier molecular flexibility index (Phi) is 7.83. The summed E-state index contributed by atoms with van der Waals surface area (Å²) in [5.41, 5.74) is 0.850. The molecule has 194 valence electrons. The van der Waals surface area contributed by atoms with Crippen LogP contribution in [0.2, 0.25) is 0 Å². The molecule has 0 amide bonds. The van der Waals surface area contributed by atoms with E-state index < -0.39 is 10.0 Å². The lowest BCUT2D eigenvalue weighted by atomic mass is 9.82. The van der Waals surface area contributed by atoms with Gasteiger partial charge in [0.05, 0.1) is 17.0 Å². The van der Waals surface area contributed by atoms with Crippen molar-refractivity contribution in [3.05, 3.63) is 66.7 Å². The molecule has 0 aliphatic heterocycles. The fourth-order valence-corrected chi connectivity index (χ4v) is 6.42. The molecule has 0 saturated heterocycles. The number of nitrogens with zero attached hydrogens (tertiary/aromatic N) is 2. The van der Waals surface area contributed by atoms with Crippen molar-refractivity contribution in [1.29, 1.82) is 0 Å². The van der Waals surface area contributed by atoms with Crippen LogP contribution in [0.5, 0.6) is 0 Å². The Bertz CT molecular complexity index is 1460. The summed E-state index contributed by atoms with van der Waals surface area (Å²) in [5.74, 6) is 2.09. The molecule has 4 aromatic rings. The number of aliphatic hydroxyl groups excluding tert-OH is 1. The highest BCUT2D eigenvalue weighted by molar-refractivity contribution is 7.89. The summed E-state index contributed by atoms with van der Waals surface area (Å²) >= 11 is 0. The van der Waals surface area contributed by atoms with E-state index in [0.29, 0.717) is 41.6 Å². The number of rotatable bonds is 10. The van der Waals surface area contributed by atoms with Crippen LogP contribution in [0.1, 0.15) is 25.7 Å². The fourth-order valence-electron chi connectivity index (χ4n) is 5.08. The Morgan fingerprint density at radius 3 is 2.24 bits per heavy atom. The van der Waals surface area contributed by atoms with Gasteiger partial charge in [0.15, 0.2) is 0 Å². The Morgan fingerprint density at radius 2 is 1.46 bits per heavy atom. The number of hydrogen-bond acceptors (Lipinski definition) is 7. The highest BCUT2D eigenvalue weighted by atomic mass is 32.2. The third kappa shape index (κ3) is 6.01. The highest BCUT2D eigenvalue weighted by Gasteiger charge is 2.24. The molecule has 3 aromatic carbocycles. The number of para-hydroxylation sites is 1. The zero-order valence-corrected chi connectivity index (χ0v) is 21.5. The predicted molar refractivity (Wildman–Crippen MR) is 148 cm³/mol. The van der Waals surface area contributed by atoms with Gasteiger partial charge in [-0.3, -0.25) is 0 Å². The van der Waals surface area contributed by atoms with Crippen molar-refractivity contribution in [3.63, 3.8) is 0 Å². The van der Waals surface area contributed by atoms with Gasteiger partial charge >= 0.3 is 0 Å². The highest BCUT2D eigenvalue weighted by Crippen LogP contribution is 2.30. The number of aliphatic hydroxyl groups is 1. The van der Waals surface area contributed by atoms with Gasteiger partial charge in [-0.15, -0.1) is 0 Å². The first-order valence-electron chi connectivity index (χ1n) is 12.9. The van der Waals surface area contributed by atoms with Crippen molar-refractivity contribution >= 4 is 43.5 Å². The molecule has 1 heterocycles. The van der Waals surface area contributed by atoms with E-state index in [2.05, 4.69) is 25.3 Å². The molecule has 0 bridgehead atoms. The van der Waals surface area contributed by atoms with Crippen molar-refractivity contribution in [1.82, 2.24) is 14.7 Å². The maximum Gasteiger partial charge on any atom is 0.241 e. The van der Waals surface area contributed by atoms with E-state index >= 15 is 0 Å². The van der Waals surface area contributed by atoms with E-state index in [1.54, 1.807) is 12.1 Å². The molecule has 1 aromatic heterocycles. The van der Waals surface area contributed by atoms with E-state index in [9.17, 15) is 13.5 Å². The van der Waals surface area contributed by atoms with Crippen LogP contribution >= 0.6 is 0 Å². The standard InChI is InChI=1S/C28H33N5O3S/c34-17-16-29-27-24-9-3-4-10-25(24)32-28(33-27)30-18-20-12-14-21(15-13-20)19-31-37(35,36)26-11-5-7-22-6-1-2-8-23(22)26/h1-11,20-21,31,34H,12-19H2,(H2,29,30,32,33). The molecule has 5 rings (SSSR count). The van der Waals surface area contributed by atoms with Crippen molar-refractivity contribution in [2.75, 3.05) is 36.9 Å². The van der Waals surface area contributed by atoms with Crippen LogP contribution in [0, 0.1) is 11.8 Å². The van der Waals surface area contributed by atoms with E-state index in [-0.39, 0.29) is 6.61 Å². The van der Waals surface area contributed by atoms with E-state index in [0.717, 1.165) is 53.9 Å². The van der Waals surface area contributed by atoms with Gasteiger partial charge < -0.3 is 15.7 Å². The lowest BCUT2D eigenvalue weighted by molar-refractivity contribution is 0.284. The van der Waals surface area contributed by atoms with E-state index in [1.165, 1.54) is 0 Å². The summed E-state index contributed by atoms with van der Waals surface area (Å²) in [4.78, 5) is 9.61. The van der Waals surface area contributed by atoms with Gasteiger partial charge in [0.2, 0.25) is 16.0 Å². The van der Waals surface area contributed by atoms with Crippen LogP contribution in [0.3, 0.4) is 0 Å². The molecule has 0 atom stereocenters. The predicted octanol–water partition coefficient (Wildman–Crippen LogP) is 4.38. The fraction of sp³-hybridized carbons (Fsp3) is 0.357. The summed E-state index contributed by atoms with van der Waals surface area (Å²) in [7, 11) is -3.58. The van der Waals surface area contributed by atoms with Crippen LogP contribution in [-0.4, -0.2) is 49.7 Å². The summed E-state index contributed by atoms with van der Waals surface area (Å²) in [6.07, 6.45) is 4.01. The smallest absolute Gasteiger partial charge is 0.241 e. The van der Waals surface area contributed by atoms with Crippen LogP contribution in [0.25, 0.3) is 21.7 Å². The first-order chi connectivity index (χ1) is 18.0. The third-order valence-electron chi connectivity index (χ3n) is 7.12. The minimum absolute atomic E-state index is 0.0302. The number of benzene rings is 3. The quantitative estimate of drug-likeness (QED) is 0.246. The van der Waals surface area contributed by atoms with E-state index in [4.69, 9.17) is 0 Å². The molecule has 37 heavy (non-hydrogen) atoms. The first kappa shape index (κ1) is 25.4. The van der Waals surface area contributed by atoms with Crippen molar-refractivity contribution in [2.24, 2.45) is 11.8 Å². The third-order valence-corrected chi connectivity index (χ3v) is 8.61. The van der Waals surface area contributed by atoms with Crippen LogP contribution < -0.4 is 15.4 Å². The zero-order valence-electron chi connectivity index (χ0n) is 20.7. The van der Waals surface area contributed by atoms with E-state index in [1.807, 2.05) is 54.6 Å². The normalized spacial score (nSPS) is 18.2. The molecule has 8 nitrogen and oxygen atoms in total. The van der Waals surface area contributed by atoms with Gasteiger partial charge in [-0.25, -0.2) is 18.1 Å². The lowest BCUT2D eigenvalue weighted by Crippen LogP contribution is -2.32. The SMILES string of the molecule is O=S(=O)(NCC1CCC(CNc2nc(NCCO)c3ccccc3n2)CC1)c1cccc2ccccc12. The Morgan fingerprint density at radius 1 is 0.784 bits per heavy atom. The van der Waals surface area contributed by atoms with Crippen LogP contribution in [-0.2, 0) is 10.0 Å². The molecule has 0 unspecified atom stereocenters. The number of sulfonamides is 1. The second-order valence-electron chi connectivity index (χ2n) is 9.66. The molecule has 1 aliphatic carbocycles.